The van der Waals surface area contributed by atoms with Crippen LogP contribution >= 0.6 is 35.3 Å². The minimum atomic E-state index is -0.783. The van der Waals surface area contributed by atoms with Crippen molar-refractivity contribution in [1.29, 1.82) is 0 Å². The maximum absolute atomic E-state index is 12.4. The molecule has 1 fully saturated rings. The molecule has 0 saturated heterocycles. The van der Waals surface area contributed by atoms with Gasteiger partial charge in [0.2, 0.25) is 11.0 Å². The lowest BCUT2D eigenvalue weighted by Gasteiger charge is -2.31. The van der Waals surface area contributed by atoms with Crippen molar-refractivity contribution in [2.75, 3.05) is 5.32 Å². The van der Waals surface area contributed by atoms with Crippen LogP contribution in [-0.2, 0) is 4.79 Å². The van der Waals surface area contributed by atoms with Gasteiger partial charge in [-0.15, -0.1) is 22.6 Å². The highest BCUT2D eigenvalue weighted by atomic mass is 35.5. The van der Waals surface area contributed by atoms with E-state index in [4.69, 9.17) is 17.3 Å². The van der Waals surface area contributed by atoms with Crippen molar-refractivity contribution in [3.63, 3.8) is 0 Å². The third-order valence-electron chi connectivity index (χ3n) is 3.95. The van der Waals surface area contributed by atoms with Crippen molar-refractivity contribution < 1.29 is 4.79 Å². The van der Waals surface area contributed by atoms with Crippen molar-refractivity contribution in [3.05, 3.63) is 29.3 Å². The zero-order chi connectivity index (χ0) is 15.6. The molecule has 3 N–H and O–H groups in total. The van der Waals surface area contributed by atoms with Crippen molar-refractivity contribution >= 4 is 46.4 Å². The Bertz CT molecular complexity index is 686. The van der Waals surface area contributed by atoms with E-state index in [1.807, 2.05) is 18.2 Å². The molecule has 0 aliphatic heterocycles. The van der Waals surface area contributed by atoms with E-state index >= 15 is 0 Å². The number of nitrogens with one attached hydrogen (secondary N) is 1. The average Bonchev–Trinajstić information content (AvgIpc) is 2.97. The number of nitrogens with two attached hydrogens (primary N) is 1. The summed E-state index contributed by atoms with van der Waals surface area (Å²) in [5.41, 5.74) is 6.24. The molecular formula is C15H18Cl2N4OS. The summed E-state index contributed by atoms with van der Waals surface area (Å²) in [4.78, 5) is 12.4. The van der Waals surface area contributed by atoms with E-state index < -0.39 is 5.54 Å². The fraction of sp³-hybridized carbons (Fsp3) is 0.400. The number of amides is 1. The van der Waals surface area contributed by atoms with Crippen LogP contribution in [0.5, 0.6) is 0 Å². The summed E-state index contributed by atoms with van der Waals surface area (Å²) in [7, 11) is 0. The molecule has 1 aromatic heterocycles. The number of benzene rings is 1. The zero-order valence-corrected chi connectivity index (χ0v) is 14.8. The van der Waals surface area contributed by atoms with Crippen molar-refractivity contribution in [2.24, 2.45) is 5.73 Å². The Kier molecular flexibility index (Phi) is 5.97. The normalized spacial score (nSPS) is 16.4. The Hall–Kier alpha value is -1.21. The highest BCUT2D eigenvalue weighted by Crippen LogP contribution is 2.32. The summed E-state index contributed by atoms with van der Waals surface area (Å²) in [6.45, 7) is 0. The topological polar surface area (TPSA) is 80.9 Å². The van der Waals surface area contributed by atoms with Crippen LogP contribution in [0.25, 0.3) is 10.6 Å². The van der Waals surface area contributed by atoms with Crippen molar-refractivity contribution in [1.82, 2.24) is 10.2 Å². The van der Waals surface area contributed by atoms with Gasteiger partial charge in [-0.3, -0.25) is 10.1 Å². The first kappa shape index (κ1) is 18.1. The molecule has 1 aliphatic carbocycles. The zero-order valence-electron chi connectivity index (χ0n) is 12.4. The van der Waals surface area contributed by atoms with Crippen LogP contribution in [0.1, 0.15) is 32.1 Å². The maximum Gasteiger partial charge on any atom is 0.246 e. The third kappa shape index (κ3) is 4.01. The fourth-order valence-electron chi connectivity index (χ4n) is 2.65. The molecule has 0 spiro atoms. The van der Waals surface area contributed by atoms with Crippen LogP contribution in [0.3, 0.4) is 0 Å². The minimum Gasteiger partial charge on any atom is -0.317 e. The number of nitrogens with zero attached hydrogens (tertiary/aromatic N) is 2. The highest BCUT2D eigenvalue weighted by molar-refractivity contribution is 7.18. The van der Waals surface area contributed by atoms with Crippen LogP contribution < -0.4 is 11.1 Å². The van der Waals surface area contributed by atoms with E-state index in [1.165, 1.54) is 11.3 Å². The second-order valence-corrected chi connectivity index (χ2v) is 6.95. The lowest BCUT2D eigenvalue weighted by molar-refractivity contribution is -0.122. The summed E-state index contributed by atoms with van der Waals surface area (Å²) >= 11 is 7.45. The Morgan fingerprint density at radius 1 is 1.22 bits per heavy atom. The van der Waals surface area contributed by atoms with Gasteiger partial charge in [-0.25, -0.2) is 0 Å². The number of rotatable bonds is 3. The Balaban J connectivity index is 0.00000192. The smallest absolute Gasteiger partial charge is 0.246 e. The van der Waals surface area contributed by atoms with Gasteiger partial charge in [0, 0.05) is 5.56 Å². The average molecular weight is 373 g/mol. The molecule has 8 heteroatoms. The van der Waals surface area contributed by atoms with Gasteiger partial charge < -0.3 is 5.73 Å². The first-order chi connectivity index (χ1) is 10.6. The second kappa shape index (κ2) is 7.57. The lowest BCUT2D eigenvalue weighted by atomic mass is 9.82. The second-order valence-electron chi connectivity index (χ2n) is 5.56. The van der Waals surface area contributed by atoms with Crippen LogP contribution in [0, 0.1) is 0 Å². The molecular weight excluding hydrogens is 355 g/mol. The van der Waals surface area contributed by atoms with Gasteiger partial charge in [0.05, 0.1) is 10.6 Å². The van der Waals surface area contributed by atoms with Crippen LogP contribution in [-0.4, -0.2) is 21.6 Å². The minimum absolute atomic E-state index is 0. The number of hydrogen-bond donors (Lipinski definition) is 2. The molecule has 2 aromatic rings. The Labute approximate surface area is 150 Å². The molecule has 1 saturated carbocycles. The quantitative estimate of drug-likeness (QED) is 0.856. The molecule has 124 valence electrons. The number of carbonyl (C=O) groups excluding carboxylic acids is 1. The van der Waals surface area contributed by atoms with E-state index in [2.05, 4.69) is 15.5 Å². The van der Waals surface area contributed by atoms with Crippen molar-refractivity contribution in [2.45, 2.75) is 37.6 Å². The molecule has 23 heavy (non-hydrogen) atoms. The summed E-state index contributed by atoms with van der Waals surface area (Å²) in [6.07, 6.45) is 4.56. The molecule has 1 amide bonds. The molecule has 0 unspecified atom stereocenters. The predicted octanol–water partition coefficient (Wildman–Crippen LogP) is 3.88. The van der Waals surface area contributed by atoms with Gasteiger partial charge in [0.25, 0.3) is 0 Å². The van der Waals surface area contributed by atoms with E-state index in [0.29, 0.717) is 15.2 Å². The standard InChI is InChI=1S/C15H17ClN4OS.ClH/c16-11-7-3-2-6-10(11)12-19-20-14(22-12)18-13(21)15(17)8-4-1-5-9-15;/h2-3,6-7H,1,4-5,8-9,17H2,(H,18,20,21);1H. The number of carbonyl (C=O) groups is 1. The van der Waals surface area contributed by atoms with Gasteiger partial charge in [-0.2, -0.15) is 0 Å². The number of hydrogen-bond acceptors (Lipinski definition) is 5. The van der Waals surface area contributed by atoms with Gasteiger partial charge in [0.1, 0.15) is 0 Å². The summed E-state index contributed by atoms with van der Waals surface area (Å²) in [6, 6.07) is 7.42. The Morgan fingerprint density at radius 3 is 2.61 bits per heavy atom. The third-order valence-corrected chi connectivity index (χ3v) is 5.15. The molecule has 1 aromatic carbocycles. The molecule has 3 rings (SSSR count). The molecule has 0 atom stereocenters. The van der Waals surface area contributed by atoms with Gasteiger partial charge in [0.15, 0.2) is 5.01 Å². The first-order valence-electron chi connectivity index (χ1n) is 7.27. The van der Waals surface area contributed by atoms with E-state index in [-0.39, 0.29) is 18.3 Å². The van der Waals surface area contributed by atoms with E-state index in [1.54, 1.807) is 6.07 Å². The molecule has 5 nitrogen and oxygen atoms in total. The van der Waals surface area contributed by atoms with E-state index in [0.717, 1.165) is 37.7 Å². The molecule has 1 heterocycles. The number of halogens is 2. The van der Waals surface area contributed by atoms with E-state index in [9.17, 15) is 4.79 Å². The van der Waals surface area contributed by atoms with Gasteiger partial charge >= 0.3 is 0 Å². The van der Waals surface area contributed by atoms with Crippen LogP contribution in [0.2, 0.25) is 5.02 Å². The summed E-state index contributed by atoms with van der Waals surface area (Å²) in [5.74, 6) is -0.172. The van der Waals surface area contributed by atoms with Gasteiger partial charge in [-0.05, 0) is 18.9 Å². The SMILES string of the molecule is Cl.NC1(C(=O)Nc2nnc(-c3ccccc3Cl)s2)CCCCC1. The monoisotopic (exact) mass is 372 g/mol. The highest BCUT2D eigenvalue weighted by Gasteiger charge is 2.35. The fourth-order valence-corrected chi connectivity index (χ4v) is 3.71. The van der Waals surface area contributed by atoms with Crippen LogP contribution in [0.15, 0.2) is 24.3 Å². The largest absolute Gasteiger partial charge is 0.317 e. The molecule has 0 radical (unpaired) electrons. The summed E-state index contributed by atoms with van der Waals surface area (Å²) < 4.78 is 0. The van der Waals surface area contributed by atoms with Gasteiger partial charge in [-0.1, -0.05) is 60.4 Å². The van der Waals surface area contributed by atoms with Crippen LogP contribution in [0.4, 0.5) is 5.13 Å². The first-order valence-corrected chi connectivity index (χ1v) is 8.47. The number of anilines is 1. The molecule has 1 aliphatic rings. The maximum atomic E-state index is 12.4. The lowest BCUT2D eigenvalue weighted by Crippen LogP contribution is -2.52. The Morgan fingerprint density at radius 2 is 1.91 bits per heavy atom. The van der Waals surface area contributed by atoms with Crippen molar-refractivity contribution in [3.8, 4) is 10.6 Å². The predicted molar refractivity (Wildman–Crippen MR) is 96.2 cm³/mol. The molecule has 0 bridgehead atoms. The summed E-state index contributed by atoms with van der Waals surface area (Å²) in [5, 5.41) is 12.7. The number of aromatic nitrogens is 2.